The van der Waals surface area contributed by atoms with Gasteiger partial charge in [0.15, 0.2) is 0 Å². The number of carbonyl (C=O) groups excluding carboxylic acids is 1. The van der Waals surface area contributed by atoms with Crippen LogP contribution in [0.4, 0.5) is 5.69 Å². The topological polar surface area (TPSA) is 35.6 Å². The number of rotatable bonds is 3. The second-order valence-electron chi connectivity index (χ2n) is 5.09. The number of carbonyl (C=O) groups is 1. The molecule has 5 heteroatoms. The average molecular weight is 326 g/mol. The molecule has 0 radical (unpaired) electrons. The second kappa shape index (κ2) is 6.50. The van der Waals surface area contributed by atoms with Crippen LogP contribution in [0.15, 0.2) is 22.7 Å². The first-order chi connectivity index (χ1) is 9.04. The molecular weight excluding hydrogens is 306 g/mol. The van der Waals surface area contributed by atoms with Crippen LogP contribution in [0.3, 0.4) is 0 Å². The Kier molecular flexibility index (Phi) is 4.96. The summed E-state index contributed by atoms with van der Waals surface area (Å²) in [5.41, 5.74) is 2.01. The summed E-state index contributed by atoms with van der Waals surface area (Å²) in [4.78, 5) is 16.5. The molecule has 1 saturated heterocycles. The van der Waals surface area contributed by atoms with Crippen LogP contribution in [-0.4, -0.2) is 55.5 Å². The summed E-state index contributed by atoms with van der Waals surface area (Å²) in [7, 11) is 2.11. The summed E-state index contributed by atoms with van der Waals surface area (Å²) in [5.74, 6) is 0.0558. The van der Waals surface area contributed by atoms with Gasteiger partial charge in [0.1, 0.15) is 0 Å². The van der Waals surface area contributed by atoms with Crippen LogP contribution in [0, 0.1) is 6.92 Å². The monoisotopic (exact) mass is 325 g/mol. The van der Waals surface area contributed by atoms with Crippen molar-refractivity contribution in [2.24, 2.45) is 0 Å². The van der Waals surface area contributed by atoms with Gasteiger partial charge in [-0.25, -0.2) is 0 Å². The van der Waals surface area contributed by atoms with Crippen LogP contribution in [0.1, 0.15) is 5.56 Å². The number of aryl methyl sites for hydroxylation is 1. The number of likely N-dealkylation sites (N-methyl/N-ethyl adjacent to an activating group) is 1. The highest BCUT2D eigenvalue weighted by atomic mass is 79.9. The predicted octanol–water partition coefficient (Wildman–Crippen LogP) is 1.94. The molecule has 1 fully saturated rings. The third-order valence-electron chi connectivity index (χ3n) is 3.42. The zero-order valence-corrected chi connectivity index (χ0v) is 13.0. The maximum atomic E-state index is 12.0. The van der Waals surface area contributed by atoms with Crippen molar-refractivity contribution in [2.75, 3.05) is 45.1 Å². The summed E-state index contributed by atoms with van der Waals surface area (Å²) in [5, 5.41) is 2.94. The van der Waals surface area contributed by atoms with E-state index in [4.69, 9.17) is 0 Å². The molecule has 1 aliphatic rings. The number of amides is 1. The molecule has 2 rings (SSSR count). The highest BCUT2D eigenvalue weighted by Crippen LogP contribution is 2.20. The fourth-order valence-electron chi connectivity index (χ4n) is 2.08. The molecule has 0 atom stereocenters. The number of piperazine rings is 1. The predicted molar refractivity (Wildman–Crippen MR) is 81.4 cm³/mol. The van der Waals surface area contributed by atoms with E-state index in [2.05, 4.69) is 38.1 Å². The molecule has 1 N–H and O–H groups in total. The molecule has 0 unspecified atom stereocenters. The van der Waals surface area contributed by atoms with E-state index >= 15 is 0 Å². The first-order valence-corrected chi connectivity index (χ1v) is 7.31. The quantitative estimate of drug-likeness (QED) is 0.922. The standard InChI is InChI=1S/C14H20BrN3O/c1-11-3-4-12(9-13(11)15)16-14(19)10-18-7-5-17(2)6-8-18/h3-4,9H,5-8,10H2,1-2H3,(H,16,19). The van der Waals surface area contributed by atoms with Gasteiger partial charge in [0.2, 0.25) is 5.91 Å². The zero-order valence-electron chi connectivity index (χ0n) is 11.4. The maximum Gasteiger partial charge on any atom is 0.238 e. The van der Waals surface area contributed by atoms with E-state index in [-0.39, 0.29) is 5.91 Å². The smallest absolute Gasteiger partial charge is 0.238 e. The van der Waals surface area contributed by atoms with E-state index in [0.717, 1.165) is 41.9 Å². The molecule has 0 bridgehead atoms. The Labute approximate surface area is 122 Å². The van der Waals surface area contributed by atoms with Crippen molar-refractivity contribution in [3.8, 4) is 0 Å². The van der Waals surface area contributed by atoms with E-state index < -0.39 is 0 Å². The molecule has 1 amide bonds. The van der Waals surface area contributed by atoms with Crippen LogP contribution in [-0.2, 0) is 4.79 Å². The van der Waals surface area contributed by atoms with Crippen LogP contribution < -0.4 is 5.32 Å². The molecule has 0 aliphatic carbocycles. The van der Waals surface area contributed by atoms with Crippen molar-refractivity contribution in [3.63, 3.8) is 0 Å². The van der Waals surface area contributed by atoms with Crippen LogP contribution in [0.5, 0.6) is 0 Å². The van der Waals surface area contributed by atoms with Gasteiger partial charge in [0.25, 0.3) is 0 Å². The molecule has 1 aliphatic heterocycles. The van der Waals surface area contributed by atoms with E-state index in [9.17, 15) is 4.79 Å². The van der Waals surface area contributed by atoms with E-state index in [1.807, 2.05) is 25.1 Å². The van der Waals surface area contributed by atoms with Crippen molar-refractivity contribution in [3.05, 3.63) is 28.2 Å². The SMILES string of the molecule is Cc1ccc(NC(=O)CN2CCN(C)CC2)cc1Br. The Bertz CT molecular complexity index is 456. The lowest BCUT2D eigenvalue weighted by atomic mass is 10.2. The van der Waals surface area contributed by atoms with Crippen molar-refractivity contribution in [1.82, 2.24) is 9.80 Å². The van der Waals surface area contributed by atoms with Crippen molar-refractivity contribution in [2.45, 2.75) is 6.92 Å². The molecule has 1 heterocycles. The Balaban J connectivity index is 1.85. The van der Waals surface area contributed by atoms with E-state index in [0.29, 0.717) is 6.54 Å². The summed E-state index contributed by atoms with van der Waals surface area (Å²) in [6, 6.07) is 5.87. The molecule has 0 aromatic heterocycles. The normalized spacial score (nSPS) is 17.4. The highest BCUT2D eigenvalue weighted by Gasteiger charge is 2.16. The number of halogens is 1. The van der Waals surface area contributed by atoms with Crippen LogP contribution in [0.2, 0.25) is 0 Å². The minimum Gasteiger partial charge on any atom is -0.325 e. The third-order valence-corrected chi connectivity index (χ3v) is 4.27. The Hall–Kier alpha value is -0.910. The number of nitrogens with zero attached hydrogens (tertiary/aromatic N) is 2. The summed E-state index contributed by atoms with van der Waals surface area (Å²) in [6.45, 7) is 6.48. The number of nitrogens with one attached hydrogen (secondary N) is 1. The largest absolute Gasteiger partial charge is 0.325 e. The highest BCUT2D eigenvalue weighted by molar-refractivity contribution is 9.10. The minimum absolute atomic E-state index is 0.0558. The average Bonchev–Trinajstić information content (AvgIpc) is 2.37. The Morgan fingerprint density at radius 3 is 2.63 bits per heavy atom. The summed E-state index contributed by atoms with van der Waals surface area (Å²) in [6.07, 6.45) is 0. The number of anilines is 1. The van der Waals surface area contributed by atoms with Gasteiger partial charge in [-0.3, -0.25) is 9.69 Å². The van der Waals surface area contributed by atoms with Gasteiger partial charge in [-0.2, -0.15) is 0 Å². The fourth-order valence-corrected chi connectivity index (χ4v) is 2.46. The zero-order chi connectivity index (χ0) is 13.8. The van der Waals surface area contributed by atoms with E-state index in [1.54, 1.807) is 0 Å². The second-order valence-corrected chi connectivity index (χ2v) is 5.95. The first-order valence-electron chi connectivity index (χ1n) is 6.51. The van der Waals surface area contributed by atoms with Crippen molar-refractivity contribution < 1.29 is 4.79 Å². The van der Waals surface area contributed by atoms with Gasteiger partial charge in [0.05, 0.1) is 6.54 Å². The van der Waals surface area contributed by atoms with Crippen molar-refractivity contribution in [1.29, 1.82) is 0 Å². The van der Waals surface area contributed by atoms with Gasteiger partial charge in [-0.05, 0) is 31.7 Å². The fraction of sp³-hybridized carbons (Fsp3) is 0.500. The minimum atomic E-state index is 0.0558. The lowest BCUT2D eigenvalue weighted by molar-refractivity contribution is -0.117. The third kappa shape index (κ3) is 4.30. The Morgan fingerprint density at radius 2 is 2.00 bits per heavy atom. The molecule has 0 saturated carbocycles. The summed E-state index contributed by atoms with van der Waals surface area (Å²) >= 11 is 3.47. The summed E-state index contributed by atoms with van der Waals surface area (Å²) < 4.78 is 1.02. The maximum absolute atomic E-state index is 12.0. The van der Waals surface area contributed by atoms with Gasteiger partial charge in [0, 0.05) is 36.3 Å². The Morgan fingerprint density at radius 1 is 1.32 bits per heavy atom. The molecular formula is C14H20BrN3O. The van der Waals surface area contributed by atoms with Crippen LogP contribution >= 0.6 is 15.9 Å². The molecule has 19 heavy (non-hydrogen) atoms. The lowest BCUT2D eigenvalue weighted by Crippen LogP contribution is -2.47. The number of hydrogen-bond acceptors (Lipinski definition) is 3. The van der Waals surface area contributed by atoms with Gasteiger partial charge in [-0.15, -0.1) is 0 Å². The van der Waals surface area contributed by atoms with Gasteiger partial charge in [-0.1, -0.05) is 22.0 Å². The molecule has 4 nitrogen and oxygen atoms in total. The van der Waals surface area contributed by atoms with Gasteiger partial charge >= 0.3 is 0 Å². The molecule has 1 aromatic rings. The number of benzene rings is 1. The molecule has 104 valence electrons. The van der Waals surface area contributed by atoms with Crippen LogP contribution in [0.25, 0.3) is 0 Å². The van der Waals surface area contributed by atoms with Crippen molar-refractivity contribution >= 4 is 27.5 Å². The lowest BCUT2D eigenvalue weighted by Gasteiger charge is -2.31. The molecule has 0 spiro atoms. The van der Waals surface area contributed by atoms with Gasteiger partial charge < -0.3 is 10.2 Å². The molecule has 1 aromatic carbocycles. The number of hydrogen-bond donors (Lipinski definition) is 1. The first kappa shape index (κ1) is 14.5. The van der Waals surface area contributed by atoms with E-state index in [1.165, 1.54) is 0 Å².